The molecule has 0 atom stereocenters. The topological polar surface area (TPSA) is 25.8 Å². The van der Waals surface area contributed by atoms with E-state index in [0.717, 1.165) is 42.5 Å². The highest BCUT2D eigenvalue weighted by Crippen LogP contribution is 2.29. The number of rotatable bonds is 1. The molecule has 1 aromatic heterocycles. The Balaban J connectivity index is 2.10. The van der Waals surface area contributed by atoms with Gasteiger partial charge in [0.1, 0.15) is 11.0 Å². The van der Waals surface area contributed by atoms with Crippen molar-refractivity contribution in [3.63, 3.8) is 0 Å². The van der Waals surface area contributed by atoms with Crippen LogP contribution < -0.4 is 0 Å². The summed E-state index contributed by atoms with van der Waals surface area (Å²) in [5.74, 6) is 0.263. The summed E-state index contributed by atoms with van der Waals surface area (Å²) < 4.78 is 13.7. The number of aryl methyl sites for hydroxylation is 1. The van der Waals surface area contributed by atoms with Crippen molar-refractivity contribution in [1.29, 1.82) is 0 Å². The zero-order valence-electron chi connectivity index (χ0n) is 10.1. The predicted molar refractivity (Wildman–Crippen MR) is 76.8 cm³/mol. The van der Waals surface area contributed by atoms with E-state index in [0.29, 0.717) is 15.5 Å². The summed E-state index contributed by atoms with van der Waals surface area (Å²) in [5.41, 5.74) is 2.86. The number of hydrogen-bond acceptors (Lipinski definition) is 2. The Bertz CT molecular complexity index is 646. The summed E-state index contributed by atoms with van der Waals surface area (Å²) in [5, 5.41) is 0.528. The largest absolute Gasteiger partial charge is 0.233 e. The van der Waals surface area contributed by atoms with Crippen molar-refractivity contribution in [1.82, 2.24) is 9.97 Å². The van der Waals surface area contributed by atoms with E-state index in [1.807, 2.05) is 0 Å². The Morgan fingerprint density at radius 3 is 2.74 bits per heavy atom. The van der Waals surface area contributed by atoms with Crippen LogP contribution in [0.15, 0.2) is 22.7 Å². The summed E-state index contributed by atoms with van der Waals surface area (Å²) in [4.78, 5) is 8.91. The van der Waals surface area contributed by atoms with Gasteiger partial charge in [-0.25, -0.2) is 14.4 Å². The summed E-state index contributed by atoms with van der Waals surface area (Å²) in [7, 11) is 0. The minimum absolute atomic E-state index is 0.298. The fraction of sp³-hybridized carbons (Fsp3) is 0.286. The van der Waals surface area contributed by atoms with Crippen molar-refractivity contribution in [2.75, 3.05) is 0 Å². The highest BCUT2D eigenvalue weighted by Gasteiger charge is 2.17. The maximum absolute atomic E-state index is 13.3. The monoisotopic (exact) mass is 340 g/mol. The smallest absolute Gasteiger partial charge is 0.161 e. The van der Waals surface area contributed by atoms with Gasteiger partial charge in [-0.3, -0.25) is 0 Å². The number of nitrogens with zero attached hydrogens (tertiary/aromatic N) is 2. The molecule has 3 rings (SSSR count). The van der Waals surface area contributed by atoms with E-state index >= 15 is 0 Å². The molecule has 0 unspecified atom stereocenters. The summed E-state index contributed by atoms with van der Waals surface area (Å²) in [6.45, 7) is 0. The maximum atomic E-state index is 13.3. The van der Waals surface area contributed by atoms with E-state index < -0.39 is 0 Å². The van der Waals surface area contributed by atoms with Gasteiger partial charge in [0.05, 0.1) is 4.47 Å². The summed E-state index contributed by atoms with van der Waals surface area (Å²) in [6.07, 6.45) is 4.15. The average molecular weight is 342 g/mol. The van der Waals surface area contributed by atoms with Crippen LogP contribution in [0.3, 0.4) is 0 Å². The van der Waals surface area contributed by atoms with Crippen LogP contribution in [0.5, 0.6) is 0 Å². The number of aromatic nitrogens is 2. The van der Waals surface area contributed by atoms with E-state index in [1.54, 1.807) is 12.1 Å². The lowest BCUT2D eigenvalue weighted by atomic mass is 9.97. The third kappa shape index (κ3) is 2.51. The Kier molecular flexibility index (Phi) is 3.54. The molecule has 2 nitrogen and oxygen atoms in total. The Hall–Kier alpha value is -1.00. The molecule has 5 heteroatoms. The Morgan fingerprint density at radius 2 is 1.95 bits per heavy atom. The van der Waals surface area contributed by atoms with E-state index in [1.165, 1.54) is 6.07 Å². The van der Waals surface area contributed by atoms with Gasteiger partial charge in [0.2, 0.25) is 0 Å². The number of fused-ring (bicyclic) bond motifs is 1. The van der Waals surface area contributed by atoms with Crippen LogP contribution in [0.1, 0.15) is 24.1 Å². The lowest BCUT2D eigenvalue weighted by Gasteiger charge is -2.16. The van der Waals surface area contributed by atoms with Crippen molar-refractivity contribution < 1.29 is 4.39 Å². The normalized spacial score (nSPS) is 14.3. The Morgan fingerprint density at radius 1 is 1.16 bits per heavy atom. The van der Waals surface area contributed by atoms with E-state index in [9.17, 15) is 4.39 Å². The lowest BCUT2D eigenvalue weighted by molar-refractivity contribution is 0.621. The second-order valence-corrected chi connectivity index (χ2v) is 5.81. The molecule has 0 amide bonds. The van der Waals surface area contributed by atoms with Crippen LogP contribution in [0.4, 0.5) is 4.39 Å². The number of benzene rings is 1. The first-order valence-corrected chi connectivity index (χ1v) is 7.33. The zero-order chi connectivity index (χ0) is 13.4. The molecular weight excluding hydrogens is 331 g/mol. The van der Waals surface area contributed by atoms with Gasteiger partial charge in [-0.15, -0.1) is 0 Å². The van der Waals surface area contributed by atoms with E-state index in [4.69, 9.17) is 11.6 Å². The van der Waals surface area contributed by atoms with E-state index in [2.05, 4.69) is 25.9 Å². The van der Waals surface area contributed by atoms with Crippen molar-refractivity contribution in [3.8, 4) is 11.4 Å². The molecule has 1 aliphatic rings. The molecule has 1 heterocycles. The van der Waals surface area contributed by atoms with Crippen LogP contribution in [-0.2, 0) is 12.8 Å². The fourth-order valence-corrected chi connectivity index (χ4v) is 2.98. The number of halogens is 3. The van der Waals surface area contributed by atoms with Crippen LogP contribution >= 0.6 is 27.5 Å². The second kappa shape index (κ2) is 5.17. The quantitative estimate of drug-likeness (QED) is 0.710. The molecule has 0 spiro atoms. The highest BCUT2D eigenvalue weighted by atomic mass is 79.9. The van der Waals surface area contributed by atoms with Crippen molar-refractivity contribution in [2.24, 2.45) is 0 Å². The lowest BCUT2D eigenvalue weighted by Crippen LogP contribution is -2.08. The number of hydrogen-bond donors (Lipinski definition) is 0. The minimum Gasteiger partial charge on any atom is -0.233 e. The first kappa shape index (κ1) is 13.0. The SMILES string of the molecule is Fc1ccc(-c2nc(Cl)c3c(n2)CCCC3)cc1Br. The zero-order valence-corrected chi connectivity index (χ0v) is 12.4. The minimum atomic E-state index is -0.298. The predicted octanol–water partition coefficient (Wildman–Crippen LogP) is 4.58. The molecule has 0 saturated carbocycles. The molecule has 0 aliphatic heterocycles. The summed E-state index contributed by atoms with van der Waals surface area (Å²) >= 11 is 9.40. The summed E-state index contributed by atoms with van der Waals surface area (Å²) in [6, 6.07) is 4.74. The molecule has 0 radical (unpaired) electrons. The maximum Gasteiger partial charge on any atom is 0.161 e. The van der Waals surface area contributed by atoms with Gasteiger partial charge in [0.15, 0.2) is 5.82 Å². The standard InChI is InChI=1S/C14H11BrClFN2/c15-10-7-8(5-6-11(10)17)14-18-12-4-2-1-3-9(12)13(16)19-14/h5-7H,1-4H2. The molecule has 98 valence electrons. The van der Waals surface area contributed by atoms with E-state index in [-0.39, 0.29) is 5.82 Å². The van der Waals surface area contributed by atoms with Crippen LogP contribution in [0, 0.1) is 5.82 Å². The first-order chi connectivity index (χ1) is 9.15. The molecule has 1 aromatic carbocycles. The van der Waals surface area contributed by atoms with Gasteiger partial charge < -0.3 is 0 Å². The third-order valence-electron chi connectivity index (χ3n) is 3.31. The molecule has 0 saturated heterocycles. The first-order valence-electron chi connectivity index (χ1n) is 6.16. The molecular formula is C14H11BrClFN2. The molecule has 0 fully saturated rings. The molecule has 2 aromatic rings. The van der Waals surface area contributed by atoms with Crippen molar-refractivity contribution in [2.45, 2.75) is 25.7 Å². The third-order valence-corrected chi connectivity index (χ3v) is 4.23. The Labute approximate surface area is 124 Å². The highest BCUT2D eigenvalue weighted by molar-refractivity contribution is 9.10. The van der Waals surface area contributed by atoms with Gasteiger partial charge in [-0.1, -0.05) is 11.6 Å². The van der Waals surface area contributed by atoms with Gasteiger partial charge >= 0.3 is 0 Å². The molecule has 0 bridgehead atoms. The average Bonchev–Trinajstić information content (AvgIpc) is 2.42. The van der Waals surface area contributed by atoms with Crippen molar-refractivity contribution >= 4 is 27.5 Å². The van der Waals surface area contributed by atoms with Crippen LogP contribution in [0.2, 0.25) is 5.15 Å². The van der Waals surface area contributed by atoms with Crippen LogP contribution in [-0.4, -0.2) is 9.97 Å². The van der Waals surface area contributed by atoms with Crippen LogP contribution in [0.25, 0.3) is 11.4 Å². The molecule has 0 N–H and O–H groups in total. The van der Waals surface area contributed by atoms with Gasteiger partial charge in [-0.05, 0) is 59.8 Å². The molecule has 19 heavy (non-hydrogen) atoms. The van der Waals surface area contributed by atoms with Crippen molar-refractivity contribution in [3.05, 3.63) is 44.9 Å². The second-order valence-electron chi connectivity index (χ2n) is 4.60. The fourth-order valence-electron chi connectivity index (χ4n) is 2.31. The molecule has 1 aliphatic carbocycles. The van der Waals surface area contributed by atoms with Gasteiger partial charge in [-0.2, -0.15) is 0 Å². The van der Waals surface area contributed by atoms with Gasteiger partial charge in [0, 0.05) is 16.8 Å². The van der Waals surface area contributed by atoms with Gasteiger partial charge in [0.25, 0.3) is 0 Å².